The molecule has 3 nitrogen and oxygen atoms in total. The molecule has 110 valence electrons. The molecule has 3 heteroatoms. The summed E-state index contributed by atoms with van der Waals surface area (Å²) in [7, 11) is 0. The van der Waals surface area contributed by atoms with Crippen molar-refractivity contribution in [2.75, 3.05) is 19.8 Å². The van der Waals surface area contributed by atoms with Gasteiger partial charge in [-0.3, -0.25) is 0 Å². The highest BCUT2D eigenvalue weighted by Crippen LogP contribution is 2.24. The fourth-order valence-corrected chi connectivity index (χ4v) is 2.32. The van der Waals surface area contributed by atoms with Gasteiger partial charge in [0.25, 0.3) is 0 Å². The number of benzene rings is 1. The lowest BCUT2D eigenvalue weighted by atomic mass is 10.2. The van der Waals surface area contributed by atoms with Gasteiger partial charge >= 0.3 is 0 Å². The van der Waals surface area contributed by atoms with Crippen LogP contribution in [0, 0.1) is 0 Å². The molecule has 1 N–H and O–H groups in total. The maximum Gasteiger partial charge on any atom is 0.134 e. The second kappa shape index (κ2) is 8.08. The number of hydrogen-bond donors (Lipinski definition) is 1. The summed E-state index contributed by atoms with van der Waals surface area (Å²) in [4.78, 5) is 0. The molecule has 0 bridgehead atoms. The first-order valence-electron chi connectivity index (χ1n) is 7.64. The van der Waals surface area contributed by atoms with Crippen molar-refractivity contribution in [2.24, 2.45) is 0 Å². The Bertz CT molecular complexity index is 473. The van der Waals surface area contributed by atoms with E-state index in [1.807, 2.05) is 18.2 Å². The van der Waals surface area contributed by atoms with Gasteiger partial charge in [0.1, 0.15) is 11.3 Å². The summed E-state index contributed by atoms with van der Waals surface area (Å²) in [5.41, 5.74) is 0.941. The van der Waals surface area contributed by atoms with Crippen molar-refractivity contribution in [2.45, 2.75) is 39.2 Å². The lowest BCUT2D eigenvalue weighted by molar-refractivity contribution is 0.103. The zero-order valence-corrected chi connectivity index (χ0v) is 12.5. The van der Waals surface area contributed by atoms with Crippen molar-refractivity contribution < 1.29 is 9.15 Å². The predicted octanol–water partition coefficient (Wildman–Crippen LogP) is 4.29. The summed E-state index contributed by atoms with van der Waals surface area (Å²) < 4.78 is 11.7. The van der Waals surface area contributed by atoms with Crippen LogP contribution in [0.4, 0.5) is 0 Å². The molecule has 1 aromatic heterocycles. The van der Waals surface area contributed by atoms with Gasteiger partial charge in [-0.25, -0.2) is 0 Å². The fourth-order valence-electron chi connectivity index (χ4n) is 2.32. The highest BCUT2D eigenvalue weighted by atomic mass is 16.5. The van der Waals surface area contributed by atoms with Gasteiger partial charge in [-0.2, -0.15) is 0 Å². The zero-order chi connectivity index (χ0) is 14.2. The van der Waals surface area contributed by atoms with Crippen LogP contribution in [0.5, 0.6) is 0 Å². The molecular weight excluding hydrogens is 250 g/mol. The van der Waals surface area contributed by atoms with E-state index in [2.05, 4.69) is 31.3 Å². The van der Waals surface area contributed by atoms with Crippen molar-refractivity contribution >= 4 is 11.0 Å². The van der Waals surface area contributed by atoms with Crippen LogP contribution in [0.15, 0.2) is 34.7 Å². The van der Waals surface area contributed by atoms with Gasteiger partial charge in [-0.05, 0) is 25.1 Å². The number of para-hydroxylation sites is 1. The minimum absolute atomic E-state index is 0.133. The van der Waals surface area contributed by atoms with Crippen molar-refractivity contribution in [3.63, 3.8) is 0 Å². The van der Waals surface area contributed by atoms with Gasteiger partial charge in [0.05, 0.1) is 12.6 Å². The van der Waals surface area contributed by atoms with Gasteiger partial charge in [0, 0.05) is 12.0 Å². The Balaban J connectivity index is 1.96. The first-order valence-corrected chi connectivity index (χ1v) is 7.64. The van der Waals surface area contributed by atoms with Crippen LogP contribution in [-0.4, -0.2) is 19.8 Å². The van der Waals surface area contributed by atoms with Gasteiger partial charge in [0.2, 0.25) is 0 Å². The van der Waals surface area contributed by atoms with E-state index in [0.717, 1.165) is 36.3 Å². The molecule has 2 aromatic rings. The maximum atomic E-state index is 5.92. The molecule has 1 heterocycles. The van der Waals surface area contributed by atoms with Crippen molar-refractivity contribution in [3.05, 3.63) is 36.1 Å². The Morgan fingerprint density at radius 2 is 2.05 bits per heavy atom. The van der Waals surface area contributed by atoms with Crippen LogP contribution in [0.2, 0.25) is 0 Å². The van der Waals surface area contributed by atoms with Gasteiger partial charge in [0.15, 0.2) is 0 Å². The SMILES string of the molecule is CCCCCOCC(NCC)c1cc2ccccc2o1. The van der Waals surface area contributed by atoms with Crippen LogP contribution in [0.25, 0.3) is 11.0 Å². The van der Waals surface area contributed by atoms with E-state index in [4.69, 9.17) is 9.15 Å². The molecule has 2 rings (SSSR count). The Labute approximate surface area is 121 Å². The molecule has 0 amide bonds. The number of rotatable bonds is 9. The van der Waals surface area contributed by atoms with Crippen molar-refractivity contribution in [1.82, 2.24) is 5.32 Å². The number of likely N-dealkylation sites (N-methyl/N-ethyl adjacent to an activating group) is 1. The Hall–Kier alpha value is -1.32. The van der Waals surface area contributed by atoms with Crippen LogP contribution in [-0.2, 0) is 4.74 Å². The lowest BCUT2D eigenvalue weighted by Gasteiger charge is -2.15. The quantitative estimate of drug-likeness (QED) is 0.693. The van der Waals surface area contributed by atoms with E-state index < -0.39 is 0 Å². The maximum absolute atomic E-state index is 5.92. The predicted molar refractivity (Wildman–Crippen MR) is 83.0 cm³/mol. The van der Waals surface area contributed by atoms with Gasteiger partial charge < -0.3 is 14.5 Å². The second-order valence-corrected chi connectivity index (χ2v) is 5.08. The van der Waals surface area contributed by atoms with E-state index in [-0.39, 0.29) is 6.04 Å². The number of unbranched alkanes of at least 4 members (excludes halogenated alkanes) is 2. The number of hydrogen-bond acceptors (Lipinski definition) is 3. The summed E-state index contributed by atoms with van der Waals surface area (Å²) in [5, 5.41) is 4.58. The van der Waals surface area contributed by atoms with Crippen molar-refractivity contribution in [1.29, 1.82) is 0 Å². The number of nitrogens with one attached hydrogen (secondary N) is 1. The smallest absolute Gasteiger partial charge is 0.134 e. The summed E-state index contributed by atoms with van der Waals surface area (Å²) in [6, 6.07) is 10.4. The molecule has 0 spiro atoms. The topological polar surface area (TPSA) is 34.4 Å². The average molecular weight is 275 g/mol. The molecule has 0 aliphatic rings. The molecule has 1 aromatic carbocycles. The van der Waals surface area contributed by atoms with Crippen LogP contribution in [0.1, 0.15) is 44.9 Å². The summed E-state index contributed by atoms with van der Waals surface area (Å²) in [6.07, 6.45) is 3.59. The standard InChI is InChI=1S/C17H25NO2/c1-3-5-8-11-19-13-15(18-4-2)17-12-14-9-6-7-10-16(14)20-17/h6-7,9-10,12,15,18H,3-5,8,11,13H2,1-2H3. The first-order chi connectivity index (χ1) is 9.85. The lowest BCUT2D eigenvalue weighted by Crippen LogP contribution is -2.25. The van der Waals surface area contributed by atoms with E-state index in [9.17, 15) is 0 Å². The van der Waals surface area contributed by atoms with Gasteiger partial charge in [-0.15, -0.1) is 0 Å². The summed E-state index contributed by atoms with van der Waals surface area (Å²) in [5.74, 6) is 0.962. The molecule has 0 fully saturated rings. The largest absolute Gasteiger partial charge is 0.459 e. The normalized spacial score (nSPS) is 12.9. The van der Waals surface area contributed by atoms with Crippen LogP contribution < -0.4 is 5.32 Å². The van der Waals surface area contributed by atoms with Crippen LogP contribution >= 0.6 is 0 Å². The number of furan rings is 1. The number of ether oxygens (including phenoxy) is 1. The third-order valence-corrected chi connectivity index (χ3v) is 3.42. The molecule has 0 aliphatic heterocycles. The number of fused-ring (bicyclic) bond motifs is 1. The highest BCUT2D eigenvalue weighted by molar-refractivity contribution is 5.77. The van der Waals surface area contributed by atoms with Crippen LogP contribution in [0.3, 0.4) is 0 Å². The Kier molecular flexibility index (Phi) is 6.09. The monoisotopic (exact) mass is 275 g/mol. The Morgan fingerprint density at radius 3 is 2.80 bits per heavy atom. The minimum Gasteiger partial charge on any atom is -0.459 e. The van der Waals surface area contributed by atoms with Crippen molar-refractivity contribution in [3.8, 4) is 0 Å². The minimum atomic E-state index is 0.133. The molecule has 0 saturated carbocycles. The molecular formula is C17H25NO2. The molecule has 1 atom stereocenters. The van der Waals surface area contributed by atoms with E-state index >= 15 is 0 Å². The fraction of sp³-hybridized carbons (Fsp3) is 0.529. The second-order valence-electron chi connectivity index (χ2n) is 5.08. The molecule has 0 radical (unpaired) electrons. The molecule has 20 heavy (non-hydrogen) atoms. The van der Waals surface area contributed by atoms with Gasteiger partial charge in [-0.1, -0.05) is 44.9 Å². The zero-order valence-electron chi connectivity index (χ0n) is 12.5. The summed E-state index contributed by atoms with van der Waals surface area (Å²) >= 11 is 0. The Morgan fingerprint density at radius 1 is 1.20 bits per heavy atom. The highest BCUT2D eigenvalue weighted by Gasteiger charge is 2.15. The van der Waals surface area contributed by atoms with E-state index in [0.29, 0.717) is 6.61 Å². The van der Waals surface area contributed by atoms with E-state index in [1.54, 1.807) is 0 Å². The first kappa shape index (κ1) is 15.1. The molecule has 0 saturated heterocycles. The third kappa shape index (κ3) is 4.09. The average Bonchev–Trinajstić information content (AvgIpc) is 2.89. The van der Waals surface area contributed by atoms with E-state index in [1.165, 1.54) is 12.8 Å². The summed E-state index contributed by atoms with van der Waals surface area (Å²) in [6.45, 7) is 6.70. The third-order valence-electron chi connectivity index (χ3n) is 3.42. The molecule has 1 unspecified atom stereocenters. The molecule has 0 aliphatic carbocycles.